The summed E-state index contributed by atoms with van der Waals surface area (Å²) in [6.45, 7) is 8.47. The molecule has 0 aliphatic rings. The van der Waals surface area contributed by atoms with Gasteiger partial charge in [-0.05, 0) is 13.3 Å². The van der Waals surface area contributed by atoms with Crippen molar-refractivity contribution in [2.45, 2.75) is 104 Å². The van der Waals surface area contributed by atoms with Crippen molar-refractivity contribution >= 4 is 5.97 Å². The Kier molecular flexibility index (Phi) is 22.1. The van der Waals surface area contributed by atoms with E-state index in [0.29, 0.717) is 37.5 Å². The highest BCUT2D eigenvalue weighted by molar-refractivity contribution is 5.70. The number of hydrogen-bond donors (Lipinski definition) is 0. The van der Waals surface area contributed by atoms with Crippen LogP contribution in [-0.4, -0.2) is 70.7 Å². The highest BCUT2D eigenvalue weighted by Gasteiger charge is 2.20. The first-order chi connectivity index (χ1) is 15.0. The summed E-state index contributed by atoms with van der Waals surface area (Å²) in [5.41, 5.74) is 0. The molecule has 0 aromatic rings. The average molecular weight is 445 g/mol. The summed E-state index contributed by atoms with van der Waals surface area (Å²) in [5, 5.41) is 0. The molecule has 0 saturated carbocycles. The molecule has 0 amide bonds. The van der Waals surface area contributed by atoms with Crippen LogP contribution in [0.25, 0.3) is 0 Å². The number of ether oxygens (including phenoxy) is 3. The highest BCUT2D eigenvalue weighted by atomic mass is 16.5. The van der Waals surface area contributed by atoms with Crippen molar-refractivity contribution in [2.75, 3.05) is 60.2 Å². The minimum atomic E-state index is -0.149. The maximum Gasteiger partial charge on any atom is 0.361 e. The smallest absolute Gasteiger partial charge is 0.361 e. The van der Waals surface area contributed by atoms with E-state index in [0.717, 1.165) is 19.6 Å². The molecule has 0 aliphatic carbocycles. The maximum absolute atomic E-state index is 11.6. The van der Waals surface area contributed by atoms with Crippen molar-refractivity contribution in [1.29, 1.82) is 0 Å². The number of carbonyl (C=O) groups excluding carboxylic acids is 1. The Labute approximate surface area is 193 Å². The first kappa shape index (κ1) is 30.4. The van der Waals surface area contributed by atoms with Gasteiger partial charge in [0.15, 0.2) is 6.54 Å². The van der Waals surface area contributed by atoms with E-state index in [4.69, 9.17) is 14.2 Å². The number of unbranched alkanes of at least 4 members (excludes halogenated alkanes) is 13. The van der Waals surface area contributed by atoms with Crippen LogP contribution in [0.3, 0.4) is 0 Å². The van der Waals surface area contributed by atoms with Gasteiger partial charge in [-0.1, -0.05) is 90.4 Å². The van der Waals surface area contributed by atoms with Crippen LogP contribution >= 0.6 is 0 Å². The molecule has 0 N–H and O–H groups in total. The van der Waals surface area contributed by atoms with E-state index in [2.05, 4.69) is 6.92 Å². The van der Waals surface area contributed by atoms with E-state index < -0.39 is 0 Å². The summed E-state index contributed by atoms with van der Waals surface area (Å²) >= 11 is 0. The number of rotatable bonds is 24. The van der Waals surface area contributed by atoms with E-state index in [9.17, 15) is 4.79 Å². The Hall–Kier alpha value is -0.650. The Morgan fingerprint density at radius 1 is 0.613 bits per heavy atom. The van der Waals surface area contributed by atoms with E-state index in [-0.39, 0.29) is 5.97 Å². The van der Waals surface area contributed by atoms with Gasteiger partial charge in [0, 0.05) is 6.61 Å². The molecular weight excluding hydrogens is 390 g/mol. The van der Waals surface area contributed by atoms with Crippen LogP contribution in [0.1, 0.15) is 104 Å². The Morgan fingerprint density at radius 2 is 1.06 bits per heavy atom. The summed E-state index contributed by atoms with van der Waals surface area (Å²) in [6, 6.07) is 0. The van der Waals surface area contributed by atoms with Crippen molar-refractivity contribution < 1.29 is 23.5 Å². The van der Waals surface area contributed by atoms with Gasteiger partial charge in [-0.15, -0.1) is 0 Å². The quantitative estimate of drug-likeness (QED) is 0.102. The first-order valence-electron chi connectivity index (χ1n) is 13.1. The molecule has 0 saturated heterocycles. The predicted molar refractivity (Wildman–Crippen MR) is 130 cm³/mol. The summed E-state index contributed by atoms with van der Waals surface area (Å²) in [4.78, 5) is 11.6. The number of nitrogens with zero attached hydrogens (tertiary/aromatic N) is 1. The molecule has 0 heterocycles. The largest absolute Gasteiger partial charge is 0.462 e. The van der Waals surface area contributed by atoms with Crippen LogP contribution in [0.5, 0.6) is 0 Å². The zero-order valence-electron chi connectivity index (χ0n) is 21.4. The molecule has 0 unspecified atom stereocenters. The second-order valence-corrected chi connectivity index (χ2v) is 9.44. The number of likely N-dealkylation sites (N-methyl/N-ethyl adjacent to an activating group) is 1. The summed E-state index contributed by atoms with van der Waals surface area (Å²) < 4.78 is 16.9. The highest BCUT2D eigenvalue weighted by Crippen LogP contribution is 2.12. The third kappa shape index (κ3) is 23.8. The normalized spacial score (nSPS) is 11.7. The van der Waals surface area contributed by atoms with Gasteiger partial charge in [0.2, 0.25) is 0 Å². The SMILES string of the molecule is CCCCCCCCCCCCCCCCOCCOCC[N+](C)(C)CC(=O)OCC. The number of esters is 1. The molecule has 0 atom stereocenters. The second-order valence-electron chi connectivity index (χ2n) is 9.44. The lowest BCUT2D eigenvalue weighted by Gasteiger charge is -2.28. The van der Waals surface area contributed by atoms with Crippen LogP contribution < -0.4 is 0 Å². The minimum Gasteiger partial charge on any atom is -0.462 e. The Balaban J connectivity index is 3.22. The average Bonchev–Trinajstić information content (AvgIpc) is 2.72. The van der Waals surface area contributed by atoms with Crippen molar-refractivity contribution in [3.8, 4) is 0 Å². The molecule has 186 valence electrons. The molecule has 5 nitrogen and oxygen atoms in total. The van der Waals surface area contributed by atoms with Gasteiger partial charge in [0.25, 0.3) is 0 Å². The number of carbonyl (C=O) groups is 1. The second kappa shape index (κ2) is 22.5. The van der Waals surface area contributed by atoms with Crippen LogP contribution in [0.4, 0.5) is 0 Å². The number of hydrogen-bond acceptors (Lipinski definition) is 4. The topological polar surface area (TPSA) is 44.8 Å². The predicted octanol–water partition coefficient (Wildman–Crippen LogP) is 6.14. The van der Waals surface area contributed by atoms with Crippen molar-refractivity contribution in [2.24, 2.45) is 0 Å². The zero-order chi connectivity index (χ0) is 23.0. The monoisotopic (exact) mass is 444 g/mol. The third-order valence-corrected chi connectivity index (χ3v) is 5.72. The first-order valence-corrected chi connectivity index (χ1v) is 13.1. The van der Waals surface area contributed by atoms with Crippen molar-refractivity contribution in [3.05, 3.63) is 0 Å². The Morgan fingerprint density at radius 3 is 1.55 bits per heavy atom. The van der Waals surface area contributed by atoms with Crippen molar-refractivity contribution in [1.82, 2.24) is 0 Å². The van der Waals surface area contributed by atoms with Crippen LogP contribution in [0, 0.1) is 0 Å². The summed E-state index contributed by atoms with van der Waals surface area (Å²) in [5.74, 6) is -0.149. The van der Waals surface area contributed by atoms with Gasteiger partial charge in [0.05, 0.1) is 40.5 Å². The molecule has 0 rings (SSSR count). The van der Waals surface area contributed by atoms with Gasteiger partial charge < -0.3 is 18.7 Å². The van der Waals surface area contributed by atoms with E-state index in [1.54, 1.807) is 0 Å². The van der Waals surface area contributed by atoms with Crippen molar-refractivity contribution in [3.63, 3.8) is 0 Å². The lowest BCUT2D eigenvalue weighted by atomic mass is 10.0. The van der Waals surface area contributed by atoms with Crippen LogP contribution in [0.15, 0.2) is 0 Å². The zero-order valence-corrected chi connectivity index (χ0v) is 21.4. The molecule has 0 aromatic carbocycles. The van der Waals surface area contributed by atoms with Gasteiger partial charge in [-0.3, -0.25) is 0 Å². The fourth-order valence-electron chi connectivity index (χ4n) is 3.67. The molecular formula is C26H54NO4+. The molecule has 0 bridgehead atoms. The van der Waals surface area contributed by atoms with E-state index in [1.807, 2.05) is 21.0 Å². The standard InChI is InChI=1S/C26H54NO4/c1-5-7-8-9-10-11-12-13-14-15-16-17-18-19-21-29-23-24-30-22-20-27(3,4)25-26(28)31-6-2/h5-25H2,1-4H3/q+1. The fraction of sp³-hybridized carbons (Fsp3) is 0.962. The molecule has 0 radical (unpaired) electrons. The summed E-state index contributed by atoms with van der Waals surface area (Å²) in [7, 11) is 4.04. The molecule has 0 aliphatic heterocycles. The van der Waals surface area contributed by atoms with E-state index >= 15 is 0 Å². The molecule has 0 spiro atoms. The lowest BCUT2D eigenvalue weighted by Crippen LogP contribution is -2.46. The fourth-order valence-corrected chi connectivity index (χ4v) is 3.67. The van der Waals surface area contributed by atoms with Gasteiger partial charge in [-0.25, -0.2) is 4.79 Å². The maximum atomic E-state index is 11.6. The van der Waals surface area contributed by atoms with Crippen LogP contribution in [-0.2, 0) is 19.0 Å². The number of quaternary nitrogens is 1. The molecule has 31 heavy (non-hydrogen) atoms. The summed E-state index contributed by atoms with van der Waals surface area (Å²) in [6.07, 6.45) is 19.3. The third-order valence-electron chi connectivity index (χ3n) is 5.72. The van der Waals surface area contributed by atoms with Gasteiger partial charge >= 0.3 is 5.97 Å². The lowest BCUT2D eigenvalue weighted by molar-refractivity contribution is -0.883. The van der Waals surface area contributed by atoms with Crippen LogP contribution in [0.2, 0.25) is 0 Å². The van der Waals surface area contributed by atoms with Gasteiger partial charge in [0.1, 0.15) is 6.54 Å². The Bertz CT molecular complexity index is 388. The minimum absolute atomic E-state index is 0.149. The van der Waals surface area contributed by atoms with E-state index in [1.165, 1.54) is 83.5 Å². The molecule has 0 fully saturated rings. The molecule has 0 aromatic heterocycles. The van der Waals surface area contributed by atoms with Gasteiger partial charge in [-0.2, -0.15) is 0 Å². The molecule has 5 heteroatoms.